The van der Waals surface area contributed by atoms with E-state index in [2.05, 4.69) is 10.9 Å². The first-order chi connectivity index (χ1) is 14.0. The fourth-order valence-electron chi connectivity index (χ4n) is 3.38. The second-order valence-corrected chi connectivity index (χ2v) is 7.74. The van der Waals surface area contributed by atoms with E-state index in [0.29, 0.717) is 10.8 Å². The van der Waals surface area contributed by atoms with Crippen molar-refractivity contribution in [3.05, 3.63) is 77.3 Å². The summed E-state index contributed by atoms with van der Waals surface area (Å²) in [4.78, 5) is 25.0. The zero-order valence-corrected chi connectivity index (χ0v) is 16.7. The number of carbonyl (C=O) groups is 2. The first kappa shape index (κ1) is 19.3. The number of amides is 2. The molecule has 6 heteroatoms. The molecule has 1 saturated carbocycles. The molecule has 0 bridgehead atoms. The lowest BCUT2D eigenvalue weighted by Gasteiger charge is -2.19. The van der Waals surface area contributed by atoms with Crippen LogP contribution >= 0.6 is 11.6 Å². The maximum atomic E-state index is 12.6. The molecular weight excluding hydrogens is 388 g/mol. The number of hydrazine groups is 1. The molecule has 1 fully saturated rings. The van der Waals surface area contributed by atoms with Crippen molar-refractivity contribution < 1.29 is 14.3 Å². The van der Waals surface area contributed by atoms with Crippen LogP contribution < -0.4 is 15.6 Å². The molecule has 148 valence electrons. The number of hydrogen-bond donors (Lipinski definition) is 2. The van der Waals surface area contributed by atoms with Crippen LogP contribution in [0.4, 0.5) is 0 Å². The molecule has 1 aliphatic carbocycles. The molecule has 3 aromatic carbocycles. The van der Waals surface area contributed by atoms with Gasteiger partial charge in [-0.2, -0.15) is 0 Å². The summed E-state index contributed by atoms with van der Waals surface area (Å²) in [5.41, 5.74) is 5.32. The van der Waals surface area contributed by atoms with Gasteiger partial charge >= 0.3 is 0 Å². The van der Waals surface area contributed by atoms with E-state index in [1.54, 1.807) is 19.1 Å². The van der Waals surface area contributed by atoms with Crippen LogP contribution in [0.3, 0.4) is 0 Å². The van der Waals surface area contributed by atoms with Gasteiger partial charge in [0.1, 0.15) is 5.75 Å². The van der Waals surface area contributed by atoms with Gasteiger partial charge in [-0.1, -0.05) is 54.1 Å². The zero-order chi connectivity index (χ0) is 20.4. The second kappa shape index (κ2) is 7.76. The lowest BCUT2D eigenvalue weighted by atomic mass is 9.95. The molecule has 1 aliphatic rings. The van der Waals surface area contributed by atoms with Crippen LogP contribution in [0, 0.1) is 0 Å². The molecule has 5 nitrogen and oxygen atoms in total. The van der Waals surface area contributed by atoms with E-state index >= 15 is 0 Å². The van der Waals surface area contributed by atoms with Gasteiger partial charge in [-0.05, 0) is 60.4 Å². The van der Waals surface area contributed by atoms with Crippen molar-refractivity contribution >= 4 is 34.2 Å². The van der Waals surface area contributed by atoms with Crippen molar-refractivity contribution in [2.75, 3.05) is 0 Å². The number of rotatable bonds is 5. The zero-order valence-electron chi connectivity index (χ0n) is 15.9. The Labute approximate surface area is 174 Å². The van der Waals surface area contributed by atoms with E-state index in [4.69, 9.17) is 16.3 Å². The quantitative estimate of drug-likeness (QED) is 0.623. The molecule has 0 heterocycles. The maximum Gasteiger partial charge on any atom is 0.279 e. The van der Waals surface area contributed by atoms with E-state index in [1.807, 2.05) is 54.6 Å². The predicted octanol–water partition coefficient (Wildman–Crippen LogP) is 4.14. The summed E-state index contributed by atoms with van der Waals surface area (Å²) < 4.78 is 5.74. The van der Waals surface area contributed by atoms with E-state index in [0.717, 1.165) is 29.2 Å². The summed E-state index contributed by atoms with van der Waals surface area (Å²) in [6.45, 7) is 1.64. The Bertz CT molecular complexity index is 1060. The predicted molar refractivity (Wildman–Crippen MR) is 113 cm³/mol. The van der Waals surface area contributed by atoms with Crippen LogP contribution in [0.5, 0.6) is 5.75 Å². The maximum absolute atomic E-state index is 12.6. The standard InChI is InChI=1S/C23H21ClN2O3/c1-15(29-20-11-6-16-4-2-3-5-17(16)14-20)21(27)25-26-22(28)23(12-13-23)18-7-9-19(24)10-8-18/h2-11,14-15H,12-13H2,1H3,(H,25,27)(H,26,28). The van der Waals surface area contributed by atoms with Crippen molar-refractivity contribution in [1.29, 1.82) is 0 Å². The van der Waals surface area contributed by atoms with Crippen molar-refractivity contribution in [2.24, 2.45) is 0 Å². The molecule has 1 atom stereocenters. The summed E-state index contributed by atoms with van der Waals surface area (Å²) in [6, 6.07) is 20.8. The Balaban J connectivity index is 1.35. The highest BCUT2D eigenvalue weighted by atomic mass is 35.5. The fraction of sp³-hybridized carbons (Fsp3) is 0.217. The molecule has 0 spiro atoms. The van der Waals surface area contributed by atoms with Gasteiger partial charge in [0.15, 0.2) is 6.10 Å². The van der Waals surface area contributed by atoms with Gasteiger partial charge < -0.3 is 4.74 Å². The average Bonchev–Trinajstić information content (AvgIpc) is 3.54. The number of nitrogens with one attached hydrogen (secondary N) is 2. The molecule has 0 aromatic heterocycles. The molecule has 4 rings (SSSR count). The van der Waals surface area contributed by atoms with E-state index in [9.17, 15) is 9.59 Å². The van der Waals surface area contributed by atoms with E-state index in [-0.39, 0.29) is 5.91 Å². The molecule has 3 aromatic rings. The number of fused-ring (bicyclic) bond motifs is 1. The smallest absolute Gasteiger partial charge is 0.279 e. The van der Waals surface area contributed by atoms with Crippen molar-refractivity contribution in [3.63, 3.8) is 0 Å². The number of hydrogen-bond acceptors (Lipinski definition) is 3. The van der Waals surface area contributed by atoms with Gasteiger partial charge in [0.25, 0.3) is 5.91 Å². The number of halogens is 1. The van der Waals surface area contributed by atoms with Crippen LogP contribution in [0.1, 0.15) is 25.3 Å². The Morgan fingerprint density at radius 2 is 1.66 bits per heavy atom. The van der Waals surface area contributed by atoms with Crippen LogP contribution in [-0.2, 0) is 15.0 Å². The van der Waals surface area contributed by atoms with Gasteiger partial charge in [0, 0.05) is 5.02 Å². The lowest BCUT2D eigenvalue weighted by Crippen LogP contribution is -2.50. The minimum absolute atomic E-state index is 0.230. The summed E-state index contributed by atoms with van der Waals surface area (Å²) in [5, 5.41) is 2.75. The minimum atomic E-state index is -0.762. The summed E-state index contributed by atoms with van der Waals surface area (Å²) in [7, 11) is 0. The van der Waals surface area contributed by atoms with Crippen molar-refractivity contribution in [2.45, 2.75) is 31.3 Å². The molecule has 29 heavy (non-hydrogen) atoms. The SMILES string of the molecule is CC(Oc1ccc2ccccc2c1)C(=O)NNC(=O)C1(c2ccc(Cl)cc2)CC1. The molecule has 2 N–H and O–H groups in total. The van der Waals surface area contributed by atoms with Crippen molar-refractivity contribution in [1.82, 2.24) is 10.9 Å². The summed E-state index contributed by atoms with van der Waals surface area (Å²) >= 11 is 5.93. The molecule has 2 amide bonds. The Kier molecular flexibility index (Phi) is 5.16. The Morgan fingerprint density at radius 1 is 0.966 bits per heavy atom. The van der Waals surface area contributed by atoms with Gasteiger partial charge in [0.2, 0.25) is 5.91 Å². The van der Waals surface area contributed by atoms with Crippen LogP contribution in [0.2, 0.25) is 5.02 Å². The van der Waals surface area contributed by atoms with Gasteiger partial charge in [0.05, 0.1) is 5.41 Å². The summed E-state index contributed by atoms with van der Waals surface area (Å²) in [6.07, 6.45) is 0.709. The van der Waals surface area contributed by atoms with Crippen LogP contribution in [0.15, 0.2) is 66.7 Å². The number of carbonyl (C=O) groups excluding carboxylic acids is 2. The topological polar surface area (TPSA) is 67.4 Å². The van der Waals surface area contributed by atoms with Gasteiger partial charge in [-0.15, -0.1) is 0 Å². The minimum Gasteiger partial charge on any atom is -0.481 e. The highest BCUT2D eigenvalue weighted by Crippen LogP contribution is 2.48. The first-order valence-electron chi connectivity index (χ1n) is 9.50. The average molecular weight is 409 g/mol. The third-order valence-electron chi connectivity index (χ3n) is 5.28. The monoisotopic (exact) mass is 408 g/mol. The summed E-state index contributed by atoms with van der Waals surface area (Å²) in [5.74, 6) is -0.0537. The number of benzene rings is 3. The largest absolute Gasteiger partial charge is 0.481 e. The van der Waals surface area contributed by atoms with Gasteiger partial charge in [-0.3, -0.25) is 20.4 Å². The van der Waals surface area contributed by atoms with Crippen molar-refractivity contribution in [3.8, 4) is 5.75 Å². The third-order valence-corrected chi connectivity index (χ3v) is 5.54. The van der Waals surface area contributed by atoms with Gasteiger partial charge in [-0.25, -0.2) is 0 Å². The Morgan fingerprint density at radius 3 is 2.34 bits per heavy atom. The highest BCUT2D eigenvalue weighted by molar-refractivity contribution is 6.30. The highest BCUT2D eigenvalue weighted by Gasteiger charge is 2.51. The van der Waals surface area contributed by atoms with Crippen LogP contribution in [0.25, 0.3) is 10.8 Å². The molecule has 1 unspecified atom stereocenters. The first-order valence-corrected chi connectivity index (χ1v) is 9.87. The third kappa shape index (κ3) is 4.05. The van der Waals surface area contributed by atoms with Crippen LogP contribution in [-0.4, -0.2) is 17.9 Å². The molecular formula is C23H21ClN2O3. The second-order valence-electron chi connectivity index (χ2n) is 7.30. The molecule has 0 saturated heterocycles. The Hall–Kier alpha value is -3.05. The normalized spacial score (nSPS) is 15.4. The number of ether oxygens (including phenoxy) is 1. The molecule has 0 aliphatic heterocycles. The molecule has 0 radical (unpaired) electrons. The van der Waals surface area contributed by atoms with E-state index < -0.39 is 17.4 Å². The van der Waals surface area contributed by atoms with E-state index in [1.165, 1.54) is 0 Å². The fourth-order valence-corrected chi connectivity index (χ4v) is 3.50. The lowest BCUT2D eigenvalue weighted by molar-refractivity contribution is -0.133.